The maximum Gasteiger partial charge on any atom is 0.244 e. The fourth-order valence-corrected chi connectivity index (χ4v) is 4.32. The number of rotatable bonds is 6. The van der Waals surface area contributed by atoms with Gasteiger partial charge in [-0.25, -0.2) is 8.42 Å². The molecule has 0 aliphatic heterocycles. The van der Waals surface area contributed by atoms with E-state index in [1.165, 1.54) is 21.9 Å². The summed E-state index contributed by atoms with van der Waals surface area (Å²) in [6, 6.07) is 3.41. The van der Waals surface area contributed by atoms with Crippen molar-refractivity contribution in [1.29, 1.82) is 0 Å². The standard InChI is InChI=1S/C12H16N2O3S2/c1-13-7-11-12(4-6-18-11)19(15,16)14(2)8-10-3-5-17-9-10/h3-6,9,13H,7-8H2,1-2H3. The van der Waals surface area contributed by atoms with E-state index in [1.54, 1.807) is 37.9 Å². The molecule has 0 bridgehead atoms. The zero-order valence-electron chi connectivity index (χ0n) is 10.8. The van der Waals surface area contributed by atoms with Gasteiger partial charge in [0.05, 0.1) is 17.4 Å². The van der Waals surface area contributed by atoms with E-state index in [2.05, 4.69) is 5.32 Å². The molecule has 0 aliphatic carbocycles. The van der Waals surface area contributed by atoms with Gasteiger partial charge in [0.25, 0.3) is 0 Å². The van der Waals surface area contributed by atoms with Crippen molar-refractivity contribution in [1.82, 2.24) is 9.62 Å². The number of furan rings is 1. The van der Waals surface area contributed by atoms with Crippen molar-refractivity contribution in [2.24, 2.45) is 0 Å². The van der Waals surface area contributed by atoms with Crippen LogP contribution < -0.4 is 5.32 Å². The van der Waals surface area contributed by atoms with Crippen molar-refractivity contribution in [3.63, 3.8) is 0 Å². The van der Waals surface area contributed by atoms with Crippen LogP contribution in [-0.2, 0) is 23.1 Å². The molecule has 0 aliphatic rings. The van der Waals surface area contributed by atoms with Crippen LogP contribution in [0.25, 0.3) is 0 Å². The van der Waals surface area contributed by atoms with Crippen LogP contribution in [0.5, 0.6) is 0 Å². The molecule has 2 aromatic rings. The molecule has 2 rings (SSSR count). The molecule has 5 nitrogen and oxygen atoms in total. The van der Waals surface area contributed by atoms with Gasteiger partial charge in [-0.15, -0.1) is 11.3 Å². The molecule has 0 unspecified atom stereocenters. The number of nitrogens with zero attached hydrogens (tertiary/aromatic N) is 1. The molecule has 19 heavy (non-hydrogen) atoms. The fraction of sp³-hybridized carbons (Fsp3) is 0.333. The quantitative estimate of drug-likeness (QED) is 0.885. The summed E-state index contributed by atoms with van der Waals surface area (Å²) in [6.45, 7) is 0.847. The second-order valence-electron chi connectivity index (χ2n) is 4.13. The van der Waals surface area contributed by atoms with Gasteiger partial charge in [-0.2, -0.15) is 4.31 Å². The maximum absolute atomic E-state index is 12.5. The van der Waals surface area contributed by atoms with Crippen LogP contribution in [-0.4, -0.2) is 26.8 Å². The van der Waals surface area contributed by atoms with Crippen LogP contribution in [0.15, 0.2) is 39.4 Å². The van der Waals surface area contributed by atoms with E-state index in [4.69, 9.17) is 4.42 Å². The summed E-state index contributed by atoms with van der Waals surface area (Å²) in [6.07, 6.45) is 3.08. The molecular weight excluding hydrogens is 284 g/mol. The third-order valence-electron chi connectivity index (χ3n) is 2.72. The minimum Gasteiger partial charge on any atom is -0.472 e. The summed E-state index contributed by atoms with van der Waals surface area (Å²) < 4.78 is 31.3. The molecule has 0 saturated heterocycles. The van der Waals surface area contributed by atoms with E-state index >= 15 is 0 Å². The molecule has 0 spiro atoms. The predicted molar refractivity (Wildman–Crippen MR) is 74.4 cm³/mol. The van der Waals surface area contributed by atoms with Gasteiger partial charge >= 0.3 is 0 Å². The summed E-state index contributed by atoms with van der Waals surface area (Å²) in [5, 5.41) is 4.78. The summed E-state index contributed by atoms with van der Waals surface area (Å²) in [4.78, 5) is 1.19. The van der Waals surface area contributed by atoms with E-state index < -0.39 is 10.0 Å². The fourth-order valence-electron chi connectivity index (χ4n) is 1.74. The Bertz CT molecular complexity index is 617. The first-order chi connectivity index (χ1) is 9.05. The Morgan fingerprint density at radius 1 is 1.42 bits per heavy atom. The van der Waals surface area contributed by atoms with Crippen molar-refractivity contribution < 1.29 is 12.8 Å². The molecular formula is C12H16N2O3S2. The molecule has 0 fully saturated rings. The van der Waals surface area contributed by atoms with Crippen LogP contribution >= 0.6 is 11.3 Å². The van der Waals surface area contributed by atoms with Gasteiger partial charge in [0.1, 0.15) is 0 Å². The van der Waals surface area contributed by atoms with Gasteiger partial charge < -0.3 is 9.73 Å². The second kappa shape index (κ2) is 5.87. The van der Waals surface area contributed by atoms with Gasteiger partial charge in [-0.1, -0.05) is 0 Å². The monoisotopic (exact) mass is 300 g/mol. The average molecular weight is 300 g/mol. The molecule has 0 aromatic carbocycles. The van der Waals surface area contributed by atoms with E-state index in [-0.39, 0.29) is 0 Å². The number of hydrogen-bond acceptors (Lipinski definition) is 5. The minimum atomic E-state index is -3.46. The van der Waals surface area contributed by atoms with Gasteiger partial charge in [0.2, 0.25) is 10.0 Å². The molecule has 2 heterocycles. The van der Waals surface area contributed by atoms with E-state index in [1.807, 2.05) is 0 Å². The highest BCUT2D eigenvalue weighted by atomic mass is 32.2. The molecule has 0 amide bonds. The first kappa shape index (κ1) is 14.3. The lowest BCUT2D eigenvalue weighted by molar-refractivity contribution is 0.462. The minimum absolute atomic E-state index is 0.299. The Balaban J connectivity index is 2.23. The predicted octanol–water partition coefficient (Wildman–Crippen LogP) is 1.88. The molecule has 0 atom stereocenters. The van der Waals surface area contributed by atoms with Crippen molar-refractivity contribution in [3.05, 3.63) is 40.5 Å². The smallest absolute Gasteiger partial charge is 0.244 e. The third kappa shape index (κ3) is 3.06. The topological polar surface area (TPSA) is 62.6 Å². The lowest BCUT2D eigenvalue weighted by atomic mass is 10.3. The van der Waals surface area contributed by atoms with E-state index in [0.717, 1.165) is 10.4 Å². The highest BCUT2D eigenvalue weighted by molar-refractivity contribution is 7.89. The summed E-state index contributed by atoms with van der Waals surface area (Å²) in [5.41, 5.74) is 0.830. The van der Waals surface area contributed by atoms with Crippen LogP contribution in [0.3, 0.4) is 0 Å². The maximum atomic E-state index is 12.5. The van der Waals surface area contributed by atoms with Crippen LogP contribution in [0.4, 0.5) is 0 Å². The normalized spacial score (nSPS) is 12.2. The van der Waals surface area contributed by atoms with Crippen molar-refractivity contribution in [2.45, 2.75) is 18.0 Å². The lowest BCUT2D eigenvalue weighted by Crippen LogP contribution is -2.27. The number of thiophene rings is 1. The molecule has 7 heteroatoms. The Kier molecular flexibility index (Phi) is 4.41. The molecule has 1 N–H and O–H groups in total. The van der Waals surface area contributed by atoms with E-state index in [0.29, 0.717) is 18.0 Å². The zero-order chi connectivity index (χ0) is 13.9. The Morgan fingerprint density at radius 2 is 2.21 bits per heavy atom. The van der Waals surface area contributed by atoms with Crippen LogP contribution in [0, 0.1) is 0 Å². The molecule has 104 valence electrons. The number of sulfonamides is 1. The molecule has 0 saturated carbocycles. The Morgan fingerprint density at radius 3 is 2.84 bits per heavy atom. The third-order valence-corrected chi connectivity index (χ3v) is 5.65. The largest absolute Gasteiger partial charge is 0.472 e. The van der Waals surface area contributed by atoms with Gasteiger partial charge in [-0.05, 0) is 24.6 Å². The second-order valence-corrected chi connectivity index (χ2v) is 7.15. The van der Waals surface area contributed by atoms with Gasteiger partial charge in [0.15, 0.2) is 0 Å². The zero-order valence-corrected chi connectivity index (χ0v) is 12.4. The number of nitrogens with one attached hydrogen (secondary N) is 1. The number of hydrogen-bond donors (Lipinski definition) is 1. The van der Waals surface area contributed by atoms with Crippen LogP contribution in [0.1, 0.15) is 10.4 Å². The Hall–Kier alpha value is -1.15. The Labute approximate surface area is 116 Å². The van der Waals surface area contributed by atoms with Crippen molar-refractivity contribution in [3.8, 4) is 0 Å². The summed E-state index contributed by atoms with van der Waals surface area (Å²) in [5.74, 6) is 0. The lowest BCUT2D eigenvalue weighted by Gasteiger charge is -2.16. The van der Waals surface area contributed by atoms with Gasteiger partial charge in [-0.3, -0.25) is 0 Å². The highest BCUT2D eigenvalue weighted by Gasteiger charge is 2.24. The molecule has 2 aromatic heterocycles. The summed E-state index contributed by atoms with van der Waals surface area (Å²) >= 11 is 1.44. The van der Waals surface area contributed by atoms with Crippen LogP contribution in [0.2, 0.25) is 0 Å². The van der Waals surface area contributed by atoms with Crippen molar-refractivity contribution in [2.75, 3.05) is 14.1 Å². The first-order valence-corrected chi connectivity index (χ1v) is 8.06. The first-order valence-electron chi connectivity index (χ1n) is 5.74. The van der Waals surface area contributed by atoms with Crippen molar-refractivity contribution >= 4 is 21.4 Å². The molecule has 0 radical (unpaired) electrons. The van der Waals surface area contributed by atoms with Gasteiger partial charge in [0, 0.05) is 30.6 Å². The highest BCUT2D eigenvalue weighted by Crippen LogP contribution is 2.25. The van der Waals surface area contributed by atoms with E-state index in [9.17, 15) is 8.42 Å². The SMILES string of the molecule is CNCc1sccc1S(=O)(=O)N(C)Cc1ccoc1. The summed E-state index contributed by atoms with van der Waals surface area (Å²) in [7, 11) is -0.0930. The average Bonchev–Trinajstić information content (AvgIpc) is 3.00.